The minimum atomic E-state index is -0.0308. The minimum Gasteiger partial charge on any atom is -0.338 e. The summed E-state index contributed by atoms with van der Waals surface area (Å²) in [5, 5.41) is 4.06. The molecule has 1 fully saturated rings. The predicted octanol–water partition coefficient (Wildman–Crippen LogP) is 2.60. The van der Waals surface area contributed by atoms with Crippen LogP contribution in [0.1, 0.15) is 52.3 Å². The SMILES string of the molecule is C[C@@H]1CCCN(Cc2nc(C(C)(C)C)no2)C1. The first-order chi connectivity index (χ1) is 7.95. The van der Waals surface area contributed by atoms with Crippen LogP contribution < -0.4 is 0 Å². The molecule has 1 saturated heterocycles. The van der Waals surface area contributed by atoms with Crippen LogP contribution in [0.25, 0.3) is 0 Å². The monoisotopic (exact) mass is 237 g/mol. The molecule has 1 aliphatic heterocycles. The van der Waals surface area contributed by atoms with E-state index in [9.17, 15) is 0 Å². The quantitative estimate of drug-likeness (QED) is 0.793. The highest BCUT2D eigenvalue weighted by atomic mass is 16.5. The van der Waals surface area contributed by atoms with E-state index in [-0.39, 0.29) is 5.41 Å². The molecule has 96 valence electrons. The van der Waals surface area contributed by atoms with E-state index in [1.165, 1.54) is 12.8 Å². The number of hydrogen-bond donors (Lipinski definition) is 0. The molecular formula is C13H23N3O. The summed E-state index contributed by atoms with van der Waals surface area (Å²) >= 11 is 0. The van der Waals surface area contributed by atoms with Gasteiger partial charge in [-0.2, -0.15) is 4.98 Å². The third-order valence-corrected chi connectivity index (χ3v) is 3.24. The number of rotatable bonds is 2. The molecule has 2 heterocycles. The Morgan fingerprint density at radius 3 is 2.76 bits per heavy atom. The fourth-order valence-electron chi connectivity index (χ4n) is 2.25. The van der Waals surface area contributed by atoms with Gasteiger partial charge >= 0.3 is 0 Å². The van der Waals surface area contributed by atoms with Crippen LogP contribution in [0.15, 0.2) is 4.52 Å². The first-order valence-electron chi connectivity index (χ1n) is 6.50. The van der Waals surface area contributed by atoms with Crippen LogP contribution in [-0.2, 0) is 12.0 Å². The summed E-state index contributed by atoms with van der Waals surface area (Å²) in [6.45, 7) is 11.7. The number of piperidine rings is 1. The highest BCUT2D eigenvalue weighted by molar-refractivity contribution is 4.99. The fourth-order valence-corrected chi connectivity index (χ4v) is 2.25. The lowest BCUT2D eigenvalue weighted by Gasteiger charge is -2.29. The predicted molar refractivity (Wildman–Crippen MR) is 66.7 cm³/mol. The highest BCUT2D eigenvalue weighted by Crippen LogP contribution is 2.20. The van der Waals surface area contributed by atoms with Crippen LogP contribution in [-0.4, -0.2) is 28.1 Å². The Morgan fingerprint density at radius 2 is 2.18 bits per heavy atom. The third-order valence-electron chi connectivity index (χ3n) is 3.24. The van der Waals surface area contributed by atoms with Crippen molar-refractivity contribution >= 4 is 0 Å². The first-order valence-corrected chi connectivity index (χ1v) is 6.50. The van der Waals surface area contributed by atoms with Crippen LogP contribution in [0.5, 0.6) is 0 Å². The Kier molecular flexibility index (Phi) is 3.52. The molecule has 17 heavy (non-hydrogen) atoms. The molecular weight excluding hydrogens is 214 g/mol. The molecule has 0 N–H and O–H groups in total. The Labute approximate surface area is 103 Å². The van der Waals surface area contributed by atoms with E-state index < -0.39 is 0 Å². The topological polar surface area (TPSA) is 42.2 Å². The average Bonchev–Trinajstić information content (AvgIpc) is 2.65. The summed E-state index contributed by atoms with van der Waals surface area (Å²) in [5.74, 6) is 2.34. The Morgan fingerprint density at radius 1 is 1.41 bits per heavy atom. The molecule has 1 aromatic heterocycles. The maximum Gasteiger partial charge on any atom is 0.240 e. The van der Waals surface area contributed by atoms with Gasteiger partial charge < -0.3 is 4.52 Å². The summed E-state index contributed by atoms with van der Waals surface area (Å²) in [6, 6.07) is 0. The van der Waals surface area contributed by atoms with Crippen molar-refractivity contribution in [2.75, 3.05) is 13.1 Å². The van der Waals surface area contributed by atoms with Gasteiger partial charge in [0.15, 0.2) is 5.82 Å². The van der Waals surface area contributed by atoms with Crippen LogP contribution in [0, 0.1) is 5.92 Å². The van der Waals surface area contributed by atoms with E-state index in [2.05, 4.69) is 42.7 Å². The lowest BCUT2D eigenvalue weighted by atomic mass is 9.96. The van der Waals surface area contributed by atoms with Crippen molar-refractivity contribution in [1.82, 2.24) is 15.0 Å². The maximum atomic E-state index is 5.33. The molecule has 0 aliphatic carbocycles. The Bertz CT molecular complexity index is 367. The first kappa shape index (κ1) is 12.6. The molecule has 1 aliphatic rings. The van der Waals surface area contributed by atoms with Crippen molar-refractivity contribution in [2.45, 2.75) is 52.5 Å². The van der Waals surface area contributed by atoms with Crippen LogP contribution in [0.2, 0.25) is 0 Å². The summed E-state index contributed by atoms with van der Waals surface area (Å²) in [7, 11) is 0. The second-order valence-corrected chi connectivity index (χ2v) is 6.24. The second-order valence-electron chi connectivity index (χ2n) is 6.24. The van der Waals surface area contributed by atoms with Crippen LogP contribution in [0.3, 0.4) is 0 Å². The summed E-state index contributed by atoms with van der Waals surface area (Å²) in [6.07, 6.45) is 2.62. The van der Waals surface area contributed by atoms with E-state index in [1.807, 2.05) is 0 Å². The smallest absolute Gasteiger partial charge is 0.240 e. The lowest BCUT2D eigenvalue weighted by molar-refractivity contribution is 0.157. The van der Waals surface area contributed by atoms with Crippen molar-refractivity contribution in [3.05, 3.63) is 11.7 Å². The second kappa shape index (κ2) is 4.77. The molecule has 2 rings (SSSR count). The van der Waals surface area contributed by atoms with E-state index in [1.54, 1.807) is 0 Å². The standard InChI is InChI=1S/C13H23N3O/c1-10-6-5-7-16(8-10)9-11-14-12(15-17-11)13(2,3)4/h10H,5-9H2,1-4H3/t10-/m1/s1. The zero-order valence-corrected chi connectivity index (χ0v) is 11.4. The summed E-state index contributed by atoms with van der Waals surface area (Å²) in [5.41, 5.74) is -0.0308. The molecule has 0 spiro atoms. The average molecular weight is 237 g/mol. The Hall–Kier alpha value is -0.900. The van der Waals surface area contributed by atoms with Crippen LogP contribution in [0.4, 0.5) is 0 Å². The van der Waals surface area contributed by atoms with Gasteiger partial charge in [0.1, 0.15) is 0 Å². The largest absolute Gasteiger partial charge is 0.338 e. The molecule has 0 aromatic carbocycles. The van der Waals surface area contributed by atoms with E-state index in [0.29, 0.717) is 0 Å². The molecule has 0 bridgehead atoms. The third kappa shape index (κ3) is 3.28. The maximum absolute atomic E-state index is 5.33. The summed E-state index contributed by atoms with van der Waals surface area (Å²) < 4.78 is 5.33. The van der Waals surface area contributed by atoms with E-state index >= 15 is 0 Å². The minimum absolute atomic E-state index is 0.0308. The van der Waals surface area contributed by atoms with E-state index in [0.717, 1.165) is 37.3 Å². The van der Waals surface area contributed by atoms with Crippen molar-refractivity contribution in [1.29, 1.82) is 0 Å². The molecule has 0 saturated carbocycles. The van der Waals surface area contributed by atoms with Crippen molar-refractivity contribution < 1.29 is 4.52 Å². The van der Waals surface area contributed by atoms with Crippen LogP contribution >= 0.6 is 0 Å². The molecule has 0 radical (unpaired) electrons. The van der Waals surface area contributed by atoms with Gasteiger partial charge in [-0.25, -0.2) is 0 Å². The summed E-state index contributed by atoms with van der Waals surface area (Å²) in [4.78, 5) is 6.89. The number of aromatic nitrogens is 2. The van der Waals surface area contributed by atoms with Gasteiger partial charge in [-0.3, -0.25) is 4.90 Å². The molecule has 1 aromatic rings. The van der Waals surface area contributed by atoms with Crippen molar-refractivity contribution in [3.63, 3.8) is 0 Å². The fraction of sp³-hybridized carbons (Fsp3) is 0.846. The number of hydrogen-bond acceptors (Lipinski definition) is 4. The number of nitrogens with zero attached hydrogens (tertiary/aromatic N) is 3. The van der Waals surface area contributed by atoms with Gasteiger partial charge in [0, 0.05) is 12.0 Å². The molecule has 4 nitrogen and oxygen atoms in total. The van der Waals surface area contributed by atoms with Crippen molar-refractivity contribution in [2.24, 2.45) is 5.92 Å². The molecule has 4 heteroatoms. The molecule has 0 amide bonds. The van der Waals surface area contributed by atoms with E-state index in [4.69, 9.17) is 4.52 Å². The lowest BCUT2D eigenvalue weighted by Crippen LogP contribution is -2.33. The zero-order chi connectivity index (χ0) is 12.5. The van der Waals surface area contributed by atoms with Gasteiger partial charge in [0.05, 0.1) is 6.54 Å². The normalized spacial score (nSPS) is 22.9. The molecule has 1 atom stereocenters. The highest BCUT2D eigenvalue weighted by Gasteiger charge is 2.23. The Balaban J connectivity index is 1.97. The zero-order valence-electron chi connectivity index (χ0n) is 11.4. The van der Waals surface area contributed by atoms with Crippen molar-refractivity contribution in [3.8, 4) is 0 Å². The van der Waals surface area contributed by atoms with Gasteiger partial charge in [-0.15, -0.1) is 0 Å². The number of likely N-dealkylation sites (tertiary alicyclic amines) is 1. The van der Waals surface area contributed by atoms with Gasteiger partial charge in [-0.05, 0) is 25.3 Å². The van der Waals surface area contributed by atoms with Gasteiger partial charge in [0.2, 0.25) is 5.89 Å². The molecule has 0 unspecified atom stereocenters. The van der Waals surface area contributed by atoms with Gasteiger partial charge in [0.25, 0.3) is 0 Å². The van der Waals surface area contributed by atoms with Gasteiger partial charge in [-0.1, -0.05) is 32.9 Å².